The van der Waals surface area contributed by atoms with Crippen molar-refractivity contribution < 1.29 is 18.4 Å². The summed E-state index contributed by atoms with van der Waals surface area (Å²) in [5, 5.41) is 2.96. The molecule has 1 N–H and O–H groups in total. The van der Waals surface area contributed by atoms with Gasteiger partial charge in [-0.15, -0.1) is 0 Å². The van der Waals surface area contributed by atoms with Crippen LogP contribution in [-0.2, 0) is 4.79 Å². The number of carbonyl (C=O) groups is 2. The highest BCUT2D eigenvalue weighted by Gasteiger charge is 2.29. The van der Waals surface area contributed by atoms with Crippen LogP contribution in [0, 0.1) is 38.3 Å². The number of pyridine rings is 1. The Kier molecular flexibility index (Phi) is 5.72. The Morgan fingerprint density at radius 1 is 1.11 bits per heavy atom. The molecule has 3 rings (SSSR count). The zero-order valence-corrected chi connectivity index (χ0v) is 16.2. The summed E-state index contributed by atoms with van der Waals surface area (Å²) in [6, 6.07) is 4.84. The molecule has 1 aliphatic rings. The second-order valence-corrected chi connectivity index (χ2v) is 7.22. The zero-order valence-electron chi connectivity index (χ0n) is 16.2. The number of amides is 2. The fourth-order valence-corrected chi connectivity index (χ4v) is 3.62. The average Bonchev–Trinajstić information content (AvgIpc) is 2.64. The maximum atomic E-state index is 13.8. The van der Waals surface area contributed by atoms with Gasteiger partial charge in [0.1, 0.15) is 11.6 Å². The molecule has 0 atom stereocenters. The number of nitrogens with zero attached hydrogens (tertiary/aromatic N) is 2. The second kappa shape index (κ2) is 8.04. The van der Waals surface area contributed by atoms with Gasteiger partial charge in [0.05, 0.1) is 16.9 Å². The van der Waals surface area contributed by atoms with Crippen molar-refractivity contribution in [2.24, 2.45) is 5.92 Å². The van der Waals surface area contributed by atoms with E-state index in [9.17, 15) is 18.4 Å². The molecule has 148 valence electrons. The number of hydrogen-bond acceptors (Lipinski definition) is 3. The molecule has 28 heavy (non-hydrogen) atoms. The monoisotopic (exact) mass is 387 g/mol. The van der Waals surface area contributed by atoms with Gasteiger partial charge in [-0.1, -0.05) is 0 Å². The fraction of sp³-hybridized carbons (Fsp3) is 0.381. The van der Waals surface area contributed by atoms with E-state index in [-0.39, 0.29) is 17.4 Å². The van der Waals surface area contributed by atoms with Gasteiger partial charge in [-0.25, -0.2) is 8.78 Å². The minimum Gasteiger partial charge on any atom is -0.339 e. The normalized spacial score (nSPS) is 14.8. The van der Waals surface area contributed by atoms with Gasteiger partial charge in [-0.2, -0.15) is 0 Å². The Balaban J connectivity index is 1.62. The van der Waals surface area contributed by atoms with Crippen LogP contribution in [-0.4, -0.2) is 34.8 Å². The summed E-state index contributed by atoms with van der Waals surface area (Å²) in [6.45, 7) is 6.38. The molecule has 0 spiro atoms. The van der Waals surface area contributed by atoms with Gasteiger partial charge < -0.3 is 10.2 Å². The van der Waals surface area contributed by atoms with Crippen LogP contribution in [0.3, 0.4) is 0 Å². The van der Waals surface area contributed by atoms with E-state index in [1.54, 1.807) is 0 Å². The first-order chi connectivity index (χ1) is 13.3. The highest BCUT2D eigenvalue weighted by molar-refractivity contribution is 5.96. The van der Waals surface area contributed by atoms with E-state index in [1.807, 2.05) is 26.8 Å². The van der Waals surface area contributed by atoms with Crippen molar-refractivity contribution in [3.05, 3.63) is 58.4 Å². The van der Waals surface area contributed by atoms with Gasteiger partial charge in [0.25, 0.3) is 5.91 Å². The van der Waals surface area contributed by atoms with Gasteiger partial charge in [0.15, 0.2) is 0 Å². The van der Waals surface area contributed by atoms with E-state index in [4.69, 9.17) is 0 Å². The molecule has 2 heterocycles. The summed E-state index contributed by atoms with van der Waals surface area (Å²) >= 11 is 0. The molecule has 0 bridgehead atoms. The molecule has 0 saturated carbocycles. The number of rotatable bonds is 3. The van der Waals surface area contributed by atoms with E-state index < -0.39 is 17.5 Å². The number of aromatic nitrogens is 1. The molecule has 7 heteroatoms. The minimum absolute atomic E-state index is 0.100. The Labute approximate surface area is 162 Å². The van der Waals surface area contributed by atoms with Crippen LogP contribution >= 0.6 is 0 Å². The van der Waals surface area contributed by atoms with Crippen molar-refractivity contribution in [2.45, 2.75) is 33.6 Å². The highest BCUT2D eigenvalue weighted by atomic mass is 19.1. The largest absolute Gasteiger partial charge is 0.339 e. The Morgan fingerprint density at radius 3 is 2.39 bits per heavy atom. The number of likely N-dealkylation sites (tertiary alicyclic amines) is 1. The van der Waals surface area contributed by atoms with E-state index in [0.29, 0.717) is 32.0 Å². The van der Waals surface area contributed by atoms with Crippen molar-refractivity contribution in [3.8, 4) is 0 Å². The predicted octanol–water partition coefficient (Wildman–Crippen LogP) is 3.78. The topological polar surface area (TPSA) is 62.3 Å². The summed E-state index contributed by atoms with van der Waals surface area (Å²) in [5.41, 5.74) is 3.19. The number of hydrogen-bond donors (Lipinski definition) is 1. The van der Waals surface area contributed by atoms with Crippen LogP contribution in [0.15, 0.2) is 24.3 Å². The SMILES string of the molecule is Cc1cc(C)c(NC(=O)C2CCN(C(=O)c3ccc(F)cc3F)CC2)c(C)n1. The number of nitrogens with one attached hydrogen (secondary N) is 1. The number of halogens is 2. The van der Waals surface area contributed by atoms with E-state index >= 15 is 0 Å². The van der Waals surface area contributed by atoms with Gasteiger partial charge >= 0.3 is 0 Å². The molecule has 0 radical (unpaired) electrons. The van der Waals surface area contributed by atoms with Crippen LogP contribution in [0.4, 0.5) is 14.5 Å². The molecule has 0 aliphatic carbocycles. The van der Waals surface area contributed by atoms with Crippen LogP contribution in [0.5, 0.6) is 0 Å². The summed E-state index contributed by atoms with van der Waals surface area (Å²) in [6.07, 6.45) is 0.968. The van der Waals surface area contributed by atoms with Crippen molar-refractivity contribution in [1.82, 2.24) is 9.88 Å². The van der Waals surface area contributed by atoms with Crippen LogP contribution < -0.4 is 5.32 Å². The van der Waals surface area contributed by atoms with Crippen molar-refractivity contribution >= 4 is 17.5 Å². The van der Waals surface area contributed by atoms with Gasteiger partial charge in [-0.3, -0.25) is 14.6 Å². The zero-order chi connectivity index (χ0) is 20.4. The number of piperidine rings is 1. The fourth-order valence-electron chi connectivity index (χ4n) is 3.62. The second-order valence-electron chi connectivity index (χ2n) is 7.22. The van der Waals surface area contributed by atoms with Crippen molar-refractivity contribution in [2.75, 3.05) is 18.4 Å². The standard InChI is InChI=1S/C21H23F2N3O2/c1-12-10-13(2)24-14(3)19(12)25-20(27)15-6-8-26(9-7-15)21(28)17-5-4-16(22)11-18(17)23/h4-5,10-11,15H,6-9H2,1-3H3,(H,25,27). The number of benzene rings is 1. The number of anilines is 1. The first-order valence-corrected chi connectivity index (χ1v) is 9.26. The van der Waals surface area contributed by atoms with Crippen molar-refractivity contribution in [3.63, 3.8) is 0 Å². The highest BCUT2D eigenvalue weighted by Crippen LogP contribution is 2.24. The maximum absolute atomic E-state index is 13.8. The molecule has 0 unspecified atom stereocenters. The van der Waals surface area contributed by atoms with Gasteiger partial charge in [0, 0.05) is 30.8 Å². The molecule has 1 fully saturated rings. The first kappa shape index (κ1) is 19.9. The Bertz CT molecular complexity index is 899. The lowest BCUT2D eigenvalue weighted by atomic mass is 9.95. The molecule has 1 aliphatic heterocycles. The summed E-state index contributed by atoms with van der Waals surface area (Å²) in [5.74, 6) is -2.41. The predicted molar refractivity (Wildman–Crippen MR) is 102 cm³/mol. The molecular weight excluding hydrogens is 364 g/mol. The quantitative estimate of drug-likeness (QED) is 0.872. The lowest BCUT2D eigenvalue weighted by molar-refractivity contribution is -0.121. The molecular formula is C21H23F2N3O2. The third kappa shape index (κ3) is 4.18. The third-order valence-corrected chi connectivity index (χ3v) is 5.09. The molecule has 2 amide bonds. The van der Waals surface area contributed by atoms with E-state index in [1.165, 1.54) is 4.90 Å². The third-order valence-electron chi connectivity index (χ3n) is 5.09. The molecule has 2 aromatic rings. The lowest BCUT2D eigenvalue weighted by Crippen LogP contribution is -2.41. The smallest absolute Gasteiger partial charge is 0.256 e. The van der Waals surface area contributed by atoms with Crippen molar-refractivity contribution in [1.29, 1.82) is 0 Å². The average molecular weight is 387 g/mol. The number of aryl methyl sites for hydroxylation is 3. The maximum Gasteiger partial charge on any atom is 0.256 e. The van der Waals surface area contributed by atoms with Gasteiger partial charge in [0.2, 0.25) is 5.91 Å². The van der Waals surface area contributed by atoms with Crippen LogP contribution in [0.1, 0.15) is 40.2 Å². The summed E-state index contributed by atoms with van der Waals surface area (Å²) < 4.78 is 26.9. The lowest BCUT2D eigenvalue weighted by Gasteiger charge is -2.31. The first-order valence-electron chi connectivity index (χ1n) is 9.26. The number of carbonyl (C=O) groups excluding carboxylic acids is 2. The summed E-state index contributed by atoms with van der Waals surface area (Å²) in [4.78, 5) is 31.0. The molecule has 1 aromatic heterocycles. The summed E-state index contributed by atoms with van der Waals surface area (Å²) in [7, 11) is 0. The van der Waals surface area contributed by atoms with Crippen LogP contribution in [0.2, 0.25) is 0 Å². The van der Waals surface area contributed by atoms with E-state index in [2.05, 4.69) is 10.3 Å². The van der Waals surface area contributed by atoms with Gasteiger partial charge in [-0.05, 0) is 57.4 Å². The Hall–Kier alpha value is -2.83. The molecule has 1 aromatic carbocycles. The Morgan fingerprint density at radius 2 is 1.79 bits per heavy atom. The minimum atomic E-state index is -0.873. The van der Waals surface area contributed by atoms with Crippen LogP contribution in [0.25, 0.3) is 0 Å². The molecule has 1 saturated heterocycles. The van der Waals surface area contributed by atoms with E-state index in [0.717, 1.165) is 34.8 Å². The molecule has 5 nitrogen and oxygen atoms in total.